The molecule has 0 aliphatic carbocycles. The fourth-order valence-electron chi connectivity index (χ4n) is 2.59. The molecule has 1 aliphatic heterocycles. The first kappa shape index (κ1) is 13.6. The van der Waals surface area contributed by atoms with Crippen LogP contribution >= 0.6 is 0 Å². The summed E-state index contributed by atoms with van der Waals surface area (Å²) in [4.78, 5) is 2.43. The van der Waals surface area contributed by atoms with E-state index >= 15 is 0 Å². The van der Waals surface area contributed by atoms with Crippen molar-refractivity contribution in [3.63, 3.8) is 0 Å². The lowest BCUT2D eigenvalue weighted by Crippen LogP contribution is -2.42. The van der Waals surface area contributed by atoms with Crippen molar-refractivity contribution < 1.29 is 0 Å². The monoisotopic (exact) mass is 250 g/mol. The van der Waals surface area contributed by atoms with Gasteiger partial charge in [0.05, 0.1) is 0 Å². The van der Waals surface area contributed by atoms with E-state index in [1.54, 1.807) is 0 Å². The Balaban J connectivity index is 1.67. The predicted molar refractivity (Wildman–Crippen MR) is 74.6 cm³/mol. The number of nitrogens with zero attached hydrogens (tertiary/aromatic N) is 3. The number of likely N-dealkylation sites (tertiary alicyclic amines) is 1. The van der Waals surface area contributed by atoms with E-state index in [2.05, 4.69) is 35.4 Å². The summed E-state index contributed by atoms with van der Waals surface area (Å²) in [6.45, 7) is 7.07. The third kappa shape index (κ3) is 3.56. The maximum atomic E-state index is 4.19. The molecule has 0 spiro atoms. The standard InChI is InChI=1S/C14H26N4/c1-14(6-10-17(2)11-7-14)12-15-8-4-13-5-9-16-18(13)3/h5,9,15H,4,6-8,10-12H2,1-3H3. The molecule has 0 saturated carbocycles. The number of hydrogen-bond donors (Lipinski definition) is 1. The van der Waals surface area contributed by atoms with E-state index in [-0.39, 0.29) is 0 Å². The molecule has 102 valence electrons. The first-order valence-corrected chi connectivity index (χ1v) is 6.95. The Labute approximate surface area is 110 Å². The summed E-state index contributed by atoms with van der Waals surface area (Å²) in [6.07, 6.45) is 5.55. The fourth-order valence-corrected chi connectivity index (χ4v) is 2.59. The first-order valence-electron chi connectivity index (χ1n) is 6.95. The van der Waals surface area contributed by atoms with Crippen LogP contribution in [0.15, 0.2) is 12.3 Å². The predicted octanol–water partition coefficient (Wildman–Crippen LogP) is 1.28. The second kappa shape index (κ2) is 5.85. The molecule has 4 heteroatoms. The van der Waals surface area contributed by atoms with Crippen molar-refractivity contribution in [3.05, 3.63) is 18.0 Å². The van der Waals surface area contributed by atoms with Gasteiger partial charge in [-0.3, -0.25) is 4.68 Å². The van der Waals surface area contributed by atoms with Crippen molar-refractivity contribution in [2.24, 2.45) is 12.5 Å². The van der Waals surface area contributed by atoms with Gasteiger partial charge >= 0.3 is 0 Å². The van der Waals surface area contributed by atoms with Crippen LogP contribution in [0.25, 0.3) is 0 Å². The molecular weight excluding hydrogens is 224 g/mol. The molecule has 1 saturated heterocycles. The summed E-state index contributed by atoms with van der Waals surface area (Å²) in [5.41, 5.74) is 1.79. The lowest BCUT2D eigenvalue weighted by molar-refractivity contribution is 0.137. The molecule has 18 heavy (non-hydrogen) atoms. The minimum atomic E-state index is 0.485. The number of aryl methyl sites for hydroxylation is 1. The van der Waals surface area contributed by atoms with Crippen LogP contribution in [0.5, 0.6) is 0 Å². The van der Waals surface area contributed by atoms with E-state index in [1.807, 2.05) is 17.9 Å². The lowest BCUT2D eigenvalue weighted by atomic mass is 9.80. The van der Waals surface area contributed by atoms with Gasteiger partial charge in [0.2, 0.25) is 0 Å². The highest BCUT2D eigenvalue weighted by molar-refractivity contribution is 5.00. The van der Waals surface area contributed by atoms with Gasteiger partial charge in [0.15, 0.2) is 0 Å². The molecule has 2 heterocycles. The summed E-state index contributed by atoms with van der Waals surface area (Å²) in [6, 6.07) is 2.10. The van der Waals surface area contributed by atoms with Gasteiger partial charge in [-0.15, -0.1) is 0 Å². The summed E-state index contributed by atoms with van der Waals surface area (Å²) >= 11 is 0. The van der Waals surface area contributed by atoms with Crippen molar-refractivity contribution in [1.29, 1.82) is 0 Å². The highest BCUT2D eigenvalue weighted by Gasteiger charge is 2.28. The second-order valence-electron chi connectivity index (χ2n) is 5.99. The van der Waals surface area contributed by atoms with Crippen LogP contribution in [-0.2, 0) is 13.5 Å². The molecular formula is C14H26N4. The quantitative estimate of drug-likeness (QED) is 0.799. The molecule has 2 rings (SSSR count). The number of hydrogen-bond acceptors (Lipinski definition) is 3. The second-order valence-corrected chi connectivity index (χ2v) is 5.99. The van der Waals surface area contributed by atoms with Gasteiger partial charge in [-0.25, -0.2) is 0 Å². The molecule has 1 aliphatic rings. The van der Waals surface area contributed by atoms with Gasteiger partial charge in [0.25, 0.3) is 0 Å². The topological polar surface area (TPSA) is 33.1 Å². The highest BCUT2D eigenvalue weighted by atomic mass is 15.3. The van der Waals surface area contributed by atoms with Crippen molar-refractivity contribution in [3.8, 4) is 0 Å². The zero-order chi connectivity index (χ0) is 13.0. The minimum Gasteiger partial charge on any atom is -0.316 e. The van der Waals surface area contributed by atoms with E-state index in [1.165, 1.54) is 31.6 Å². The van der Waals surface area contributed by atoms with Crippen LogP contribution in [0.4, 0.5) is 0 Å². The third-order valence-corrected chi connectivity index (χ3v) is 4.23. The first-order chi connectivity index (χ1) is 8.59. The Morgan fingerprint density at radius 1 is 1.33 bits per heavy atom. The number of piperidine rings is 1. The summed E-state index contributed by atoms with van der Waals surface area (Å²) < 4.78 is 1.96. The van der Waals surface area contributed by atoms with E-state index in [0.29, 0.717) is 5.41 Å². The molecule has 1 N–H and O–H groups in total. The van der Waals surface area contributed by atoms with Gasteiger partial charge in [-0.2, -0.15) is 5.10 Å². The van der Waals surface area contributed by atoms with E-state index in [4.69, 9.17) is 0 Å². The molecule has 0 atom stereocenters. The lowest BCUT2D eigenvalue weighted by Gasteiger charge is -2.38. The van der Waals surface area contributed by atoms with E-state index in [0.717, 1.165) is 19.5 Å². The van der Waals surface area contributed by atoms with E-state index in [9.17, 15) is 0 Å². The summed E-state index contributed by atoms with van der Waals surface area (Å²) in [5, 5.41) is 7.81. The fraction of sp³-hybridized carbons (Fsp3) is 0.786. The SMILES string of the molecule is CN1CCC(C)(CNCCc2ccnn2C)CC1. The Kier molecular flexibility index (Phi) is 4.40. The van der Waals surface area contributed by atoms with Crippen molar-refractivity contribution in [2.75, 3.05) is 33.2 Å². The Hall–Kier alpha value is -0.870. The normalized spacial score (nSPS) is 20.2. The average Bonchev–Trinajstić information content (AvgIpc) is 2.75. The maximum absolute atomic E-state index is 4.19. The summed E-state index contributed by atoms with van der Waals surface area (Å²) in [5.74, 6) is 0. The zero-order valence-corrected chi connectivity index (χ0v) is 11.9. The number of aromatic nitrogens is 2. The van der Waals surface area contributed by atoms with Crippen LogP contribution in [0.1, 0.15) is 25.5 Å². The molecule has 1 fully saturated rings. The molecule has 0 bridgehead atoms. The minimum absolute atomic E-state index is 0.485. The number of rotatable bonds is 5. The molecule has 1 aromatic heterocycles. The third-order valence-electron chi connectivity index (χ3n) is 4.23. The highest BCUT2D eigenvalue weighted by Crippen LogP contribution is 2.29. The van der Waals surface area contributed by atoms with Crippen LogP contribution in [0.2, 0.25) is 0 Å². The molecule has 0 aromatic carbocycles. The van der Waals surface area contributed by atoms with Gasteiger partial charge in [-0.1, -0.05) is 6.92 Å². The van der Waals surface area contributed by atoms with Crippen molar-refractivity contribution in [2.45, 2.75) is 26.2 Å². The van der Waals surface area contributed by atoms with Crippen molar-refractivity contribution in [1.82, 2.24) is 20.0 Å². The van der Waals surface area contributed by atoms with Crippen LogP contribution < -0.4 is 5.32 Å². The molecule has 0 radical (unpaired) electrons. The zero-order valence-electron chi connectivity index (χ0n) is 11.9. The molecule has 4 nitrogen and oxygen atoms in total. The molecule has 0 amide bonds. The van der Waals surface area contributed by atoms with Crippen LogP contribution in [0.3, 0.4) is 0 Å². The Morgan fingerprint density at radius 3 is 2.67 bits per heavy atom. The number of nitrogens with one attached hydrogen (secondary N) is 1. The van der Waals surface area contributed by atoms with Gasteiger partial charge < -0.3 is 10.2 Å². The van der Waals surface area contributed by atoms with Gasteiger partial charge in [-0.05, 0) is 44.5 Å². The summed E-state index contributed by atoms with van der Waals surface area (Å²) in [7, 11) is 4.23. The van der Waals surface area contributed by atoms with Gasteiger partial charge in [0, 0.05) is 38.4 Å². The van der Waals surface area contributed by atoms with Gasteiger partial charge in [0.1, 0.15) is 0 Å². The Morgan fingerprint density at radius 2 is 2.06 bits per heavy atom. The average molecular weight is 250 g/mol. The van der Waals surface area contributed by atoms with Crippen molar-refractivity contribution >= 4 is 0 Å². The maximum Gasteiger partial charge on any atom is 0.0492 e. The Bertz CT molecular complexity index is 364. The smallest absolute Gasteiger partial charge is 0.0492 e. The van der Waals surface area contributed by atoms with Crippen LogP contribution in [0, 0.1) is 5.41 Å². The van der Waals surface area contributed by atoms with E-state index < -0.39 is 0 Å². The molecule has 1 aromatic rings. The molecule has 0 unspecified atom stereocenters. The van der Waals surface area contributed by atoms with Crippen LogP contribution in [-0.4, -0.2) is 47.9 Å². The largest absolute Gasteiger partial charge is 0.316 e.